The van der Waals surface area contributed by atoms with Crippen molar-refractivity contribution in [1.29, 1.82) is 0 Å². The maximum Gasteiger partial charge on any atom is 0.412 e. The molecule has 1 heterocycles. The lowest BCUT2D eigenvalue weighted by atomic mass is 10.2. The number of carbonyl (C=O) groups excluding carboxylic acids is 3. The summed E-state index contributed by atoms with van der Waals surface area (Å²) in [6.07, 6.45) is -0.162. The van der Waals surface area contributed by atoms with Crippen LogP contribution in [0.3, 0.4) is 0 Å². The topological polar surface area (TPSA) is 81.7 Å². The molecule has 1 aromatic rings. The summed E-state index contributed by atoms with van der Waals surface area (Å²) in [6.45, 7) is 5.16. The first-order valence-electron chi connectivity index (χ1n) is 5.43. The summed E-state index contributed by atoms with van der Waals surface area (Å²) >= 11 is 1.04. The number of aldehydes is 1. The van der Waals surface area contributed by atoms with Gasteiger partial charge in [0, 0.05) is 5.38 Å². The molecule has 1 rings (SSSR count). The molecule has 0 aliphatic heterocycles. The van der Waals surface area contributed by atoms with Gasteiger partial charge in [-0.25, -0.2) is 9.59 Å². The van der Waals surface area contributed by atoms with E-state index in [1.807, 2.05) is 0 Å². The molecule has 0 saturated carbocycles. The van der Waals surface area contributed by atoms with Crippen LogP contribution in [0, 0.1) is 0 Å². The molecule has 19 heavy (non-hydrogen) atoms. The zero-order valence-corrected chi connectivity index (χ0v) is 11.9. The summed E-state index contributed by atoms with van der Waals surface area (Å²) in [7, 11) is 1.20. The first-order valence-corrected chi connectivity index (χ1v) is 6.31. The maximum atomic E-state index is 11.6. The van der Waals surface area contributed by atoms with Crippen molar-refractivity contribution in [3.63, 3.8) is 0 Å². The number of thiophene rings is 1. The number of nitrogens with one attached hydrogen (secondary N) is 1. The molecule has 0 aliphatic carbocycles. The van der Waals surface area contributed by atoms with Crippen molar-refractivity contribution in [1.82, 2.24) is 0 Å². The molecule has 1 N–H and O–H groups in total. The highest BCUT2D eigenvalue weighted by Gasteiger charge is 2.23. The Labute approximate surface area is 114 Å². The third kappa shape index (κ3) is 4.06. The van der Waals surface area contributed by atoms with E-state index in [0.29, 0.717) is 6.29 Å². The number of hydrogen-bond acceptors (Lipinski definition) is 6. The molecule has 0 radical (unpaired) electrons. The number of amides is 1. The van der Waals surface area contributed by atoms with Gasteiger partial charge in [-0.1, -0.05) is 0 Å². The maximum absolute atomic E-state index is 11.6. The van der Waals surface area contributed by atoms with Crippen LogP contribution >= 0.6 is 11.3 Å². The Morgan fingerprint density at radius 3 is 2.47 bits per heavy atom. The van der Waals surface area contributed by atoms with Crippen molar-refractivity contribution < 1.29 is 23.9 Å². The van der Waals surface area contributed by atoms with Crippen molar-refractivity contribution >= 4 is 35.4 Å². The van der Waals surface area contributed by atoms with Gasteiger partial charge in [0.15, 0.2) is 6.29 Å². The molecule has 1 aromatic heterocycles. The molecule has 0 bridgehead atoms. The summed E-state index contributed by atoms with van der Waals surface area (Å²) in [5, 5.41) is 3.91. The van der Waals surface area contributed by atoms with E-state index in [9.17, 15) is 14.4 Å². The van der Waals surface area contributed by atoms with E-state index < -0.39 is 17.7 Å². The van der Waals surface area contributed by atoms with E-state index in [1.165, 1.54) is 12.5 Å². The molecule has 0 unspecified atom stereocenters. The zero-order valence-electron chi connectivity index (χ0n) is 11.1. The molecule has 0 fully saturated rings. The van der Waals surface area contributed by atoms with E-state index in [-0.39, 0.29) is 16.1 Å². The van der Waals surface area contributed by atoms with Gasteiger partial charge in [-0.2, -0.15) is 0 Å². The van der Waals surface area contributed by atoms with Crippen LogP contribution in [0.1, 0.15) is 40.8 Å². The van der Waals surface area contributed by atoms with Crippen molar-refractivity contribution in [2.45, 2.75) is 26.4 Å². The monoisotopic (exact) mass is 285 g/mol. The predicted molar refractivity (Wildman–Crippen MR) is 70.9 cm³/mol. The second kappa shape index (κ2) is 5.83. The minimum Gasteiger partial charge on any atom is -0.465 e. The number of rotatable bonds is 3. The fourth-order valence-electron chi connectivity index (χ4n) is 1.28. The molecule has 104 valence electrons. The van der Waals surface area contributed by atoms with Crippen LogP contribution in [0.2, 0.25) is 0 Å². The van der Waals surface area contributed by atoms with E-state index in [1.54, 1.807) is 20.8 Å². The molecule has 0 spiro atoms. The fraction of sp³-hybridized carbons (Fsp3) is 0.417. The molecule has 7 heteroatoms. The largest absolute Gasteiger partial charge is 0.465 e. The minimum atomic E-state index is -0.701. The van der Waals surface area contributed by atoms with Gasteiger partial charge < -0.3 is 9.47 Å². The molecule has 0 atom stereocenters. The smallest absolute Gasteiger partial charge is 0.412 e. The van der Waals surface area contributed by atoms with Crippen molar-refractivity contribution in [2.75, 3.05) is 12.4 Å². The van der Waals surface area contributed by atoms with Crippen molar-refractivity contribution in [3.8, 4) is 0 Å². The number of methoxy groups -OCH3 is 1. The van der Waals surface area contributed by atoms with E-state index >= 15 is 0 Å². The molecule has 6 nitrogen and oxygen atoms in total. The Bertz CT molecular complexity index is 501. The quantitative estimate of drug-likeness (QED) is 0.682. The van der Waals surface area contributed by atoms with Gasteiger partial charge in [-0.3, -0.25) is 10.1 Å². The van der Waals surface area contributed by atoms with Crippen LogP contribution in [0.4, 0.5) is 10.5 Å². The number of carbonyl (C=O) groups is 3. The summed E-state index contributed by atoms with van der Waals surface area (Å²) in [5.41, 5.74) is -0.416. The fourth-order valence-corrected chi connectivity index (χ4v) is 2.07. The lowest BCUT2D eigenvalue weighted by Gasteiger charge is -2.19. The second-order valence-corrected chi connectivity index (χ2v) is 5.54. The Hall–Kier alpha value is -1.89. The van der Waals surface area contributed by atoms with Crippen molar-refractivity contribution in [2.24, 2.45) is 0 Å². The predicted octanol–water partition coefficient (Wildman–Crippen LogP) is 2.69. The average Bonchev–Trinajstić information content (AvgIpc) is 2.68. The minimum absolute atomic E-state index is 0.0355. The number of hydrogen-bond donors (Lipinski definition) is 1. The van der Waals surface area contributed by atoms with Gasteiger partial charge in [-0.05, 0) is 20.8 Å². The first-order chi connectivity index (χ1) is 8.78. The SMILES string of the molecule is COC(=O)c1c(NC(=O)OC(C)(C)C)csc1C=O. The Morgan fingerprint density at radius 1 is 1.37 bits per heavy atom. The van der Waals surface area contributed by atoms with Crippen LogP contribution in [0.25, 0.3) is 0 Å². The van der Waals surface area contributed by atoms with Crippen LogP contribution in [0.5, 0.6) is 0 Å². The summed E-state index contributed by atoms with van der Waals surface area (Å²) in [5.74, 6) is -0.686. The summed E-state index contributed by atoms with van der Waals surface area (Å²) < 4.78 is 9.64. The first kappa shape index (κ1) is 15.2. The Balaban J connectivity index is 2.96. The van der Waals surface area contributed by atoms with Gasteiger partial charge in [0.2, 0.25) is 0 Å². The molecular weight excluding hydrogens is 270 g/mol. The van der Waals surface area contributed by atoms with E-state index in [4.69, 9.17) is 4.74 Å². The molecule has 1 amide bonds. The van der Waals surface area contributed by atoms with Crippen LogP contribution in [-0.2, 0) is 9.47 Å². The van der Waals surface area contributed by atoms with E-state index in [2.05, 4.69) is 10.1 Å². The summed E-state index contributed by atoms with van der Waals surface area (Å²) in [4.78, 5) is 34.2. The molecule has 0 saturated heterocycles. The second-order valence-electron chi connectivity index (χ2n) is 4.62. The number of esters is 1. The van der Waals surface area contributed by atoms with Gasteiger partial charge in [0.05, 0.1) is 17.7 Å². The molecule has 0 aromatic carbocycles. The third-order valence-electron chi connectivity index (χ3n) is 1.95. The van der Waals surface area contributed by atoms with Gasteiger partial charge >= 0.3 is 12.1 Å². The zero-order chi connectivity index (χ0) is 14.6. The summed E-state index contributed by atoms with van der Waals surface area (Å²) in [6, 6.07) is 0. The average molecular weight is 285 g/mol. The van der Waals surface area contributed by atoms with Crippen LogP contribution < -0.4 is 5.32 Å². The lowest BCUT2D eigenvalue weighted by Crippen LogP contribution is -2.27. The Morgan fingerprint density at radius 2 is 2.00 bits per heavy atom. The number of anilines is 1. The highest BCUT2D eigenvalue weighted by Crippen LogP contribution is 2.27. The van der Waals surface area contributed by atoms with E-state index in [0.717, 1.165) is 11.3 Å². The highest BCUT2D eigenvalue weighted by molar-refractivity contribution is 7.12. The lowest BCUT2D eigenvalue weighted by molar-refractivity contribution is 0.0600. The number of ether oxygens (including phenoxy) is 2. The van der Waals surface area contributed by atoms with Gasteiger partial charge in [0.1, 0.15) is 11.2 Å². The molecular formula is C12H15NO5S. The molecule has 0 aliphatic rings. The Kier molecular flexibility index (Phi) is 4.66. The van der Waals surface area contributed by atoms with Crippen molar-refractivity contribution in [3.05, 3.63) is 15.8 Å². The van der Waals surface area contributed by atoms with Crippen LogP contribution in [-0.4, -0.2) is 31.1 Å². The normalized spacial score (nSPS) is 10.7. The van der Waals surface area contributed by atoms with Gasteiger partial charge in [0.25, 0.3) is 0 Å². The highest BCUT2D eigenvalue weighted by atomic mass is 32.1. The third-order valence-corrected chi connectivity index (χ3v) is 2.86. The van der Waals surface area contributed by atoms with Crippen LogP contribution in [0.15, 0.2) is 5.38 Å². The van der Waals surface area contributed by atoms with Gasteiger partial charge in [-0.15, -0.1) is 11.3 Å². The standard InChI is InChI=1S/C12H15NO5S/c1-12(2,3)18-11(16)13-7-6-19-8(5-14)9(7)10(15)17-4/h5-6H,1-4H3,(H,13,16).